The molecule has 116 valence electrons. The maximum absolute atomic E-state index is 12.2. The van der Waals surface area contributed by atoms with E-state index < -0.39 is 10.0 Å². The number of rotatable bonds is 4. The van der Waals surface area contributed by atoms with E-state index >= 15 is 0 Å². The van der Waals surface area contributed by atoms with Crippen molar-refractivity contribution >= 4 is 33.0 Å². The Morgan fingerprint density at radius 1 is 1.18 bits per heavy atom. The maximum atomic E-state index is 12.2. The zero-order valence-corrected chi connectivity index (χ0v) is 12.5. The molecule has 0 aliphatic heterocycles. The second-order valence-corrected chi connectivity index (χ2v) is 6.24. The topological polar surface area (TPSA) is 122 Å². The standard InChI is InChI=1S/C14H15N3O4S/c1-9(18)16-10-7-12(15)14(13(19)8-10)17-22(20,21)11-5-3-2-4-6-11/h2-8,17,19H,15H2,1H3,(H,16,18). The molecule has 0 radical (unpaired) electrons. The van der Waals surface area contributed by atoms with Crippen molar-refractivity contribution in [1.82, 2.24) is 0 Å². The Bertz CT molecular complexity index is 781. The molecule has 0 spiro atoms. The number of carbonyl (C=O) groups excluding carboxylic acids is 1. The fraction of sp³-hybridized carbons (Fsp3) is 0.0714. The molecule has 0 aliphatic rings. The van der Waals surface area contributed by atoms with Gasteiger partial charge in [-0.3, -0.25) is 9.52 Å². The molecule has 0 heterocycles. The van der Waals surface area contributed by atoms with Gasteiger partial charge in [-0.05, 0) is 18.2 Å². The summed E-state index contributed by atoms with van der Waals surface area (Å²) in [4.78, 5) is 11.0. The van der Waals surface area contributed by atoms with Gasteiger partial charge in [-0.1, -0.05) is 18.2 Å². The van der Waals surface area contributed by atoms with E-state index in [1.807, 2.05) is 0 Å². The fourth-order valence-electron chi connectivity index (χ4n) is 1.83. The number of benzene rings is 2. The van der Waals surface area contributed by atoms with E-state index in [1.54, 1.807) is 18.2 Å². The van der Waals surface area contributed by atoms with Crippen LogP contribution in [0.15, 0.2) is 47.4 Å². The molecule has 0 saturated heterocycles. The molecule has 2 rings (SSSR count). The van der Waals surface area contributed by atoms with Crippen LogP contribution < -0.4 is 15.8 Å². The first-order valence-corrected chi connectivity index (χ1v) is 7.76. The van der Waals surface area contributed by atoms with Crippen molar-refractivity contribution in [2.24, 2.45) is 0 Å². The van der Waals surface area contributed by atoms with Crippen LogP contribution in [0.2, 0.25) is 0 Å². The van der Waals surface area contributed by atoms with Gasteiger partial charge in [0.05, 0.1) is 10.6 Å². The summed E-state index contributed by atoms with van der Waals surface area (Å²) in [5.41, 5.74) is 5.86. The number of amides is 1. The second-order valence-electron chi connectivity index (χ2n) is 4.56. The Kier molecular flexibility index (Phi) is 4.22. The molecule has 2 aromatic rings. The van der Waals surface area contributed by atoms with E-state index in [0.29, 0.717) is 0 Å². The number of hydrogen-bond donors (Lipinski definition) is 4. The van der Waals surface area contributed by atoms with Crippen LogP contribution in [-0.4, -0.2) is 19.4 Å². The van der Waals surface area contributed by atoms with Crippen LogP contribution in [0.3, 0.4) is 0 Å². The predicted octanol–water partition coefficient (Wildman–Crippen LogP) is 1.73. The van der Waals surface area contributed by atoms with Gasteiger partial charge in [0, 0.05) is 18.7 Å². The van der Waals surface area contributed by atoms with Gasteiger partial charge in [-0.2, -0.15) is 0 Å². The number of aromatic hydroxyl groups is 1. The molecule has 22 heavy (non-hydrogen) atoms. The minimum absolute atomic E-state index is 0.0109. The van der Waals surface area contributed by atoms with Crippen molar-refractivity contribution in [3.05, 3.63) is 42.5 Å². The van der Waals surface area contributed by atoms with Crippen LogP contribution in [0, 0.1) is 0 Å². The highest BCUT2D eigenvalue weighted by atomic mass is 32.2. The average molecular weight is 321 g/mol. The van der Waals surface area contributed by atoms with Crippen molar-refractivity contribution in [2.45, 2.75) is 11.8 Å². The first kappa shape index (κ1) is 15.6. The van der Waals surface area contributed by atoms with Gasteiger partial charge in [-0.15, -0.1) is 0 Å². The molecule has 0 saturated carbocycles. The van der Waals surface area contributed by atoms with E-state index in [0.717, 1.165) is 0 Å². The van der Waals surface area contributed by atoms with Gasteiger partial charge in [0.2, 0.25) is 5.91 Å². The summed E-state index contributed by atoms with van der Waals surface area (Å²) < 4.78 is 26.7. The third-order valence-electron chi connectivity index (χ3n) is 2.76. The number of phenolic OH excluding ortho intramolecular Hbond substituents is 1. The lowest BCUT2D eigenvalue weighted by molar-refractivity contribution is -0.114. The Labute approximate surface area is 127 Å². The number of phenols is 1. The average Bonchev–Trinajstić information content (AvgIpc) is 2.43. The quantitative estimate of drug-likeness (QED) is 0.505. The highest BCUT2D eigenvalue weighted by molar-refractivity contribution is 7.92. The minimum atomic E-state index is -3.87. The lowest BCUT2D eigenvalue weighted by Gasteiger charge is -2.13. The predicted molar refractivity (Wildman–Crippen MR) is 84.1 cm³/mol. The number of hydrogen-bond acceptors (Lipinski definition) is 5. The molecule has 2 aromatic carbocycles. The first-order chi connectivity index (χ1) is 10.3. The van der Waals surface area contributed by atoms with Gasteiger partial charge in [0.25, 0.3) is 10.0 Å². The Morgan fingerprint density at radius 2 is 1.82 bits per heavy atom. The minimum Gasteiger partial charge on any atom is -0.506 e. The number of sulfonamides is 1. The number of nitrogens with one attached hydrogen (secondary N) is 2. The van der Waals surface area contributed by atoms with Crippen LogP contribution >= 0.6 is 0 Å². The number of nitrogen functional groups attached to an aromatic ring is 1. The summed E-state index contributed by atoms with van der Waals surface area (Å²) in [6.45, 7) is 1.30. The van der Waals surface area contributed by atoms with E-state index in [-0.39, 0.29) is 33.6 Å². The van der Waals surface area contributed by atoms with Crippen molar-refractivity contribution in [1.29, 1.82) is 0 Å². The molecule has 5 N–H and O–H groups in total. The second kappa shape index (κ2) is 5.94. The van der Waals surface area contributed by atoms with E-state index in [4.69, 9.17) is 5.73 Å². The summed E-state index contributed by atoms with van der Waals surface area (Å²) >= 11 is 0. The number of nitrogens with two attached hydrogens (primary N) is 1. The van der Waals surface area contributed by atoms with Crippen molar-refractivity contribution < 1.29 is 18.3 Å². The van der Waals surface area contributed by atoms with Crippen LogP contribution in [0.1, 0.15) is 6.92 Å². The van der Waals surface area contributed by atoms with Gasteiger partial charge in [-0.25, -0.2) is 8.42 Å². The van der Waals surface area contributed by atoms with Crippen LogP contribution in [0.25, 0.3) is 0 Å². The molecule has 0 unspecified atom stereocenters. The Balaban J connectivity index is 2.36. The van der Waals surface area contributed by atoms with Gasteiger partial charge >= 0.3 is 0 Å². The molecule has 1 amide bonds. The number of carbonyl (C=O) groups is 1. The third kappa shape index (κ3) is 3.47. The smallest absolute Gasteiger partial charge is 0.262 e. The summed E-state index contributed by atoms with van der Waals surface area (Å²) in [5.74, 6) is -0.723. The molecule has 8 heteroatoms. The van der Waals surface area contributed by atoms with Crippen LogP contribution in [-0.2, 0) is 14.8 Å². The SMILES string of the molecule is CC(=O)Nc1cc(N)c(NS(=O)(=O)c2ccccc2)c(O)c1. The fourth-order valence-corrected chi connectivity index (χ4v) is 2.95. The third-order valence-corrected chi connectivity index (χ3v) is 4.12. The summed E-state index contributed by atoms with van der Waals surface area (Å²) in [6.07, 6.45) is 0. The van der Waals surface area contributed by atoms with Crippen LogP contribution in [0.4, 0.5) is 17.1 Å². The first-order valence-electron chi connectivity index (χ1n) is 6.27. The van der Waals surface area contributed by atoms with Crippen molar-refractivity contribution in [3.63, 3.8) is 0 Å². The van der Waals surface area contributed by atoms with Gasteiger partial charge < -0.3 is 16.2 Å². The van der Waals surface area contributed by atoms with Gasteiger partial charge in [0.15, 0.2) is 0 Å². The molecule has 0 atom stereocenters. The Hall–Kier alpha value is -2.74. The van der Waals surface area contributed by atoms with E-state index in [9.17, 15) is 18.3 Å². The van der Waals surface area contributed by atoms with E-state index in [2.05, 4.69) is 10.0 Å². The summed E-state index contributed by atoms with van der Waals surface area (Å²) in [7, 11) is -3.87. The molecule has 0 bridgehead atoms. The molecular weight excluding hydrogens is 306 g/mol. The molecule has 0 aromatic heterocycles. The normalized spacial score (nSPS) is 11.0. The zero-order chi connectivity index (χ0) is 16.3. The highest BCUT2D eigenvalue weighted by Gasteiger charge is 2.18. The molecular formula is C14H15N3O4S. The lowest BCUT2D eigenvalue weighted by atomic mass is 10.2. The number of anilines is 3. The largest absolute Gasteiger partial charge is 0.506 e. The van der Waals surface area contributed by atoms with Crippen LogP contribution in [0.5, 0.6) is 5.75 Å². The van der Waals surface area contributed by atoms with Gasteiger partial charge in [0.1, 0.15) is 11.4 Å². The summed E-state index contributed by atoms with van der Waals surface area (Å²) in [6, 6.07) is 10.2. The summed E-state index contributed by atoms with van der Waals surface area (Å²) in [5, 5.41) is 12.4. The highest BCUT2D eigenvalue weighted by Crippen LogP contribution is 2.35. The van der Waals surface area contributed by atoms with Crippen molar-refractivity contribution in [3.8, 4) is 5.75 Å². The Morgan fingerprint density at radius 3 is 2.36 bits per heavy atom. The van der Waals surface area contributed by atoms with E-state index in [1.165, 1.54) is 31.2 Å². The molecule has 0 fully saturated rings. The lowest BCUT2D eigenvalue weighted by Crippen LogP contribution is -2.14. The zero-order valence-electron chi connectivity index (χ0n) is 11.7. The van der Waals surface area contributed by atoms with Crippen molar-refractivity contribution in [2.75, 3.05) is 15.8 Å². The maximum Gasteiger partial charge on any atom is 0.262 e. The molecule has 7 nitrogen and oxygen atoms in total. The monoisotopic (exact) mass is 321 g/mol. The molecule has 0 aliphatic carbocycles.